The van der Waals surface area contributed by atoms with E-state index in [1.165, 1.54) is 24.5 Å². The molecule has 10 heteroatoms. The molecule has 0 bridgehead atoms. The number of hydrogen-bond acceptors (Lipinski definition) is 6. The Morgan fingerprint density at radius 1 is 1.11 bits per heavy atom. The maximum atomic E-state index is 14.2. The van der Waals surface area contributed by atoms with Gasteiger partial charge in [-0.3, -0.25) is 9.59 Å². The fraction of sp³-hybridized carbons (Fsp3) is 0.148. The molecule has 188 valence electrons. The van der Waals surface area contributed by atoms with Crippen LogP contribution in [0.5, 0.6) is 0 Å². The highest BCUT2D eigenvalue weighted by atomic mass is 35.5. The van der Waals surface area contributed by atoms with Crippen molar-refractivity contribution in [3.63, 3.8) is 0 Å². The molecule has 0 aliphatic carbocycles. The molecule has 1 atom stereocenters. The number of dihydropyridines is 1. The standard InChI is InChI=1S/C27H22ClFN4O3S/c1-15-18(28)7-5-10-20(15)32-23(34)14-37-27-17(13-30)25(22-11-6-12-36-22)24(16(2)31-27)26(35)33-21-9-4-3-8-19(21)29/h3-12,25,31H,14H2,1-2H3,(H,32,34)(H,33,35)/t25-/m1/s1. The number of carbonyl (C=O) groups is 2. The maximum absolute atomic E-state index is 14.2. The van der Waals surface area contributed by atoms with Gasteiger partial charge in [-0.2, -0.15) is 5.26 Å². The predicted molar refractivity (Wildman–Crippen MR) is 142 cm³/mol. The fourth-order valence-corrected chi connectivity index (χ4v) is 4.95. The van der Waals surface area contributed by atoms with Crippen molar-refractivity contribution in [2.45, 2.75) is 19.8 Å². The van der Waals surface area contributed by atoms with Crippen LogP contribution in [0.2, 0.25) is 5.02 Å². The Labute approximate surface area is 222 Å². The van der Waals surface area contributed by atoms with Gasteiger partial charge in [-0.05, 0) is 55.8 Å². The molecule has 2 aromatic carbocycles. The average Bonchev–Trinajstić information content (AvgIpc) is 3.41. The molecule has 37 heavy (non-hydrogen) atoms. The van der Waals surface area contributed by atoms with Crippen molar-refractivity contribution in [2.24, 2.45) is 0 Å². The summed E-state index contributed by atoms with van der Waals surface area (Å²) >= 11 is 7.26. The quantitative estimate of drug-likeness (QED) is 0.337. The van der Waals surface area contributed by atoms with E-state index in [-0.39, 0.29) is 28.5 Å². The van der Waals surface area contributed by atoms with E-state index in [0.717, 1.165) is 17.3 Å². The molecular formula is C27H22ClFN4O3S. The number of nitrogens with one attached hydrogen (secondary N) is 3. The topological polar surface area (TPSA) is 107 Å². The number of furan rings is 1. The van der Waals surface area contributed by atoms with E-state index in [0.29, 0.717) is 27.2 Å². The summed E-state index contributed by atoms with van der Waals surface area (Å²) in [5, 5.41) is 19.5. The van der Waals surface area contributed by atoms with E-state index >= 15 is 0 Å². The summed E-state index contributed by atoms with van der Waals surface area (Å²) in [6.45, 7) is 3.48. The third-order valence-corrected chi connectivity index (χ3v) is 7.16. The number of carbonyl (C=O) groups excluding carboxylic acids is 2. The van der Waals surface area contributed by atoms with Crippen LogP contribution in [0.15, 0.2) is 87.1 Å². The van der Waals surface area contributed by atoms with E-state index in [2.05, 4.69) is 22.0 Å². The lowest BCUT2D eigenvalue weighted by Gasteiger charge is -2.28. The summed E-state index contributed by atoms with van der Waals surface area (Å²) < 4.78 is 19.8. The number of anilines is 2. The number of amides is 2. The van der Waals surface area contributed by atoms with Crippen molar-refractivity contribution in [3.8, 4) is 6.07 Å². The normalized spacial score (nSPS) is 15.2. The minimum Gasteiger partial charge on any atom is -0.468 e. The van der Waals surface area contributed by atoms with Gasteiger partial charge in [-0.15, -0.1) is 0 Å². The van der Waals surface area contributed by atoms with E-state index in [1.807, 2.05) is 0 Å². The van der Waals surface area contributed by atoms with Crippen molar-refractivity contribution < 1.29 is 18.4 Å². The molecule has 0 radical (unpaired) electrons. The highest BCUT2D eigenvalue weighted by molar-refractivity contribution is 8.03. The molecule has 0 spiro atoms. The monoisotopic (exact) mass is 536 g/mol. The SMILES string of the molecule is CC1=C(C(=O)Nc2ccccc2F)[C@@H](c2ccco2)C(C#N)=C(SCC(=O)Nc2cccc(Cl)c2C)N1. The van der Waals surface area contributed by atoms with E-state index < -0.39 is 17.6 Å². The molecule has 0 unspecified atom stereocenters. The lowest BCUT2D eigenvalue weighted by molar-refractivity contribution is -0.114. The van der Waals surface area contributed by atoms with Crippen LogP contribution < -0.4 is 16.0 Å². The highest BCUT2D eigenvalue weighted by Gasteiger charge is 2.36. The third kappa shape index (κ3) is 5.71. The Balaban J connectivity index is 1.59. The van der Waals surface area contributed by atoms with Gasteiger partial charge in [0.15, 0.2) is 0 Å². The zero-order valence-corrected chi connectivity index (χ0v) is 21.5. The Morgan fingerprint density at radius 2 is 1.86 bits per heavy atom. The number of halogens is 2. The Hall–Kier alpha value is -4.00. The van der Waals surface area contributed by atoms with E-state index in [1.54, 1.807) is 50.2 Å². The van der Waals surface area contributed by atoms with Crippen LogP contribution in [0.1, 0.15) is 24.2 Å². The van der Waals surface area contributed by atoms with Crippen molar-refractivity contribution in [1.29, 1.82) is 5.26 Å². The predicted octanol–water partition coefficient (Wildman–Crippen LogP) is 6.09. The molecule has 3 N–H and O–H groups in total. The van der Waals surface area contributed by atoms with Crippen molar-refractivity contribution in [2.75, 3.05) is 16.4 Å². The maximum Gasteiger partial charge on any atom is 0.254 e. The first-order valence-electron chi connectivity index (χ1n) is 11.2. The van der Waals surface area contributed by atoms with Gasteiger partial charge in [0.25, 0.3) is 5.91 Å². The van der Waals surface area contributed by atoms with Crippen LogP contribution in [0.4, 0.5) is 15.8 Å². The first-order valence-corrected chi connectivity index (χ1v) is 12.6. The van der Waals surface area contributed by atoms with Crippen LogP contribution in [-0.2, 0) is 9.59 Å². The van der Waals surface area contributed by atoms with Gasteiger partial charge in [0.2, 0.25) is 5.91 Å². The number of para-hydroxylation sites is 1. The molecule has 1 aliphatic heterocycles. The summed E-state index contributed by atoms with van der Waals surface area (Å²) in [6, 6.07) is 16.5. The van der Waals surface area contributed by atoms with E-state index in [4.69, 9.17) is 16.0 Å². The second kappa shape index (κ2) is 11.4. The summed E-state index contributed by atoms with van der Waals surface area (Å²) in [7, 11) is 0. The summed E-state index contributed by atoms with van der Waals surface area (Å²) in [6.07, 6.45) is 1.45. The molecule has 0 saturated heterocycles. The minimum atomic E-state index is -0.853. The van der Waals surface area contributed by atoms with Crippen LogP contribution in [-0.4, -0.2) is 17.6 Å². The van der Waals surface area contributed by atoms with Gasteiger partial charge < -0.3 is 20.4 Å². The minimum absolute atomic E-state index is 0.00558. The summed E-state index contributed by atoms with van der Waals surface area (Å²) in [5.41, 5.74) is 2.22. The second-order valence-electron chi connectivity index (χ2n) is 8.15. The number of hydrogen-bond donors (Lipinski definition) is 3. The molecule has 1 aliphatic rings. The number of thioether (sulfide) groups is 1. The molecule has 7 nitrogen and oxygen atoms in total. The van der Waals surface area contributed by atoms with Gasteiger partial charge in [-0.1, -0.05) is 41.6 Å². The van der Waals surface area contributed by atoms with E-state index in [9.17, 15) is 19.2 Å². The van der Waals surface area contributed by atoms with Crippen LogP contribution in [0.3, 0.4) is 0 Å². The molecule has 2 amide bonds. The Bertz CT molecular complexity index is 1460. The summed E-state index contributed by atoms with van der Waals surface area (Å²) in [4.78, 5) is 26.0. The number of nitriles is 1. The number of rotatable bonds is 7. The zero-order chi connectivity index (χ0) is 26.5. The molecule has 1 aromatic heterocycles. The first kappa shape index (κ1) is 26.1. The van der Waals surface area contributed by atoms with Gasteiger partial charge in [0.05, 0.1) is 45.9 Å². The third-order valence-electron chi connectivity index (χ3n) is 5.73. The van der Waals surface area contributed by atoms with Crippen LogP contribution in [0.25, 0.3) is 0 Å². The number of benzene rings is 2. The molecule has 4 rings (SSSR count). The first-order chi connectivity index (χ1) is 17.8. The molecule has 3 aromatic rings. The largest absolute Gasteiger partial charge is 0.468 e. The lowest BCUT2D eigenvalue weighted by Crippen LogP contribution is -2.31. The highest BCUT2D eigenvalue weighted by Crippen LogP contribution is 2.41. The van der Waals surface area contributed by atoms with Gasteiger partial charge >= 0.3 is 0 Å². The number of nitrogens with zero attached hydrogens (tertiary/aromatic N) is 1. The van der Waals surface area contributed by atoms with Crippen molar-refractivity contribution in [3.05, 3.63) is 105 Å². The zero-order valence-electron chi connectivity index (χ0n) is 19.9. The van der Waals surface area contributed by atoms with Gasteiger partial charge in [0.1, 0.15) is 11.6 Å². The lowest BCUT2D eigenvalue weighted by atomic mass is 9.85. The summed E-state index contributed by atoms with van der Waals surface area (Å²) in [5.74, 6) is -1.94. The second-order valence-corrected chi connectivity index (χ2v) is 9.54. The molecule has 0 saturated carbocycles. The Kier molecular flexibility index (Phi) is 8.01. The molecular weight excluding hydrogens is 515 g/mol. The average molecular weight is 537 g/mol. The smallest absolute Gasteiger partial charge is 0.254 e. The molecule has 2 heterocycles. The molecule has 0 fully saturated rings. The fourth-order valence-electron chi connectivity index (χ4n) is 3.89. The Morgan fingerprint density at radius 3 is 2.57 bits per heavy atom. The van der Waals surface area contributed by atoms with Crippen molar-refractivity contribution in [1.82, 2.24) is 5.32 Å². The van der Waals surface area contributed by atoms with Crippen LogP contribution >= 0.6 is 23.4 Å². The van der Waals surface area contributed by atoms with Gasteiger partial charge in [0, 0.05) is 16.4 Å². The van der Waals surface area contributed by atoms with Crippen molar-refractivity contribution >= 4 is 46.6 Å². The number of allylic oxidation sites excluding steroid dienone is 2. The van der Waals surface area contributed by atoms with Crippen LogP contribution in [0, 0.1) is 24.1 Å². The van der Waals surface area contributed by atoms with Gasteiger partial charge in [-0.25, -0.2) is 4.39 Å².